The Balaban J connectivity index is 0.00000264. The third-order valence-corrected chi connectivity index (χ3v) is 3.84. The van der Waals surface area contributed by atoms with Gasteiger partial charge >= 0.3 is 5.97 Å². The summed E-state index contributed by atoms with van der Waals surface area (Å²) in [6.07, 6.45) is 1.67. The van der Waals surface area contributed by atoms with E-state index >= 15 is 0 Å². The van der Waals surface area contributed by atoms with Crippen LogP contribution in [0.3, 0.4) is 0 Å². The molecule has 130 valence electrons. The monoisotopic (exact) mass is 344 g/mol. The average Bonchev–Trinajstić information content (AvgIpc) is 2.55. The zero-order chi connectivity index (χ0) is 16.1. The second-order valence-corrected chi connectivity index (χ2v) is 5.32. The first-order chi connectivity index (χ1) is 10.6. The summed E-state index contributed by atoms with van der Waals surface area (Å²) in [5.41, 5.74) is 0.397. The normalized spacial score (nSPS) is 15.5. The molecule has 0 radical (unpaired) electrons. The number of likely N-dealkylation sites (tertiary alicyclic amines) is 1. The van der Waals surface area contributed by atoms with Crippen LogP contribution in [0.2, 0.25) is 0 Å². The van der Waals surface area contributed by atoms with Crippen molar-refractivity contribution in [3.05, 3.63) is 17.7 Å². The van der Waals surface area contributed by atoms with Crippen LogP contribution in [0.1, 0.15) is 23.2 Å². The van der Waals surface area contributed by atoms with Crippen LogP contribution in [0.4, 0.5) is 0 Å². The van der Waals surface area contributed by atoms with Crippen LogP contribution in [-0.4, -0.2) is 58.4 Å². The van der Waals surface area contributed by atoms with E-state index in [0.717, 1.165) is 25.9 Å². The molecule has 2 rings (SSSR count). The van der Waals surface area contributed by atoms with Crippen LogP contribution < -0.4 is 26.6 Å². The zero-order valence-corrected chi connectivity index (χ0v) is 14.7. The van der Waals surface area contributed by atoms with Crippen LogP contribution in [0, 0.1) is 0 Å². The number of methoxy groups -OCH3 is 3. The maximum Gasteiger partial charge on any atom is 0.338 e. The van der Waals surface area contributed by atoms with Gasteiger partial charge < -0.3 is 36.3 Å². The van der Waals surface area contributed by atoms with Gasteiger partial charge in [0.15, 0.2) is 11.5 Å². The van der Waals surface area contributed by atoms with E-state index in [1.54, 1.807) is 12.1 Å². The van der Waals surface area contributed by atoms with Crippen molar-refractivity contribution in [3.8, 4) is 17.2 Å². The molecule has 1 heterocycles. The summed E-state index contributed by atoms with van der Waals surface area (Å²) in [6, 6.07) is 3.22. The van der Waals surface area contributed by atoms with E-state index in [1.807, 2.05) is 0 Å². The molecule has 0 bridgehead atoms. The fourth-order valence-corrected chi connectivity index (χ4v) is 2.52. The van der Waals surface area contributed by atoms with E-state index < -0.39 is 0 Å². The van der Waals surface area contributed by atoms with Crippen LogP contribution in [0.25, 0.3) is 0 Å². The van der Waals surface area contributed by atoms with Gasteiger partial charge in [-0.2, -0.15) is 0 Å². The highest BCUT2D eigenvalue weighted by atomic mass is 35.5. The molecule has 0 atom stereocenters. The third kappa shape index (κ3) is 4.65. The van der Waals surface area contributed by atoms with E-state index in [1.165, 1.54) is 21.3 Å². The standard InChI is InChI=1S/C16H23NO5.ClH/c1-17-7-5-12(6-8-17)22-16(18)11-9-13(19-2)15(21-4)14(10-11)20-3;/h9-10,12H,5-8H2,1-4H3;1H/p-1. The van der Waals surface area contributed by atoms with Crippen molar-refractivity contribution in [3.63, 3.8) is 0 Å². The predicted molar refractivity (Wildman–Crippen MR) is 82.0 cm³/mol. The smallest absolute Gasteiger partial charge is 0.338 e. The number of ether oxygens (including phenoxy) is 4. The molecule has 1 aromatic carbocycles. The lowest BCUT2D eigenvalue weighted by Crippen LogP contribution is -3.00. The molecule has 1 fully saturated rings. The highest BCUT2D eigenvalue weighted by Gasteiger charge is 2.23. The third-order valence-electron chi connectivity index (χ3n) is 3.84. The van der Waals surface area contributed by atoms with Gasteiger partial charge in [-0.25, -0.2) is 4.79 Å². The fourth-order valence-electron chi connectivity index (χ4n) is 2.52. The number of halogens is 1. The maximum absolute atomic E-state index is 12.3. The number of hydrogen-bond acceptors (Lipinski definition) is 6. The molecule has 0 unspecified atom stereocenters. The predicted octanol–water partition coefficient (Wildman–Crippen LogP) is -1.03. The molecule has 0 saturated carbocycles. The van der Waals surface area contributed by atoms with Crippen molar-refractivity contribution in [2.24, 2.45) is 0 Å². The van der Waals surface area contributed by atoms with E-state index in [4.69, 9.17) is 18.9 Å². The molecule has 1 aromatic rings. The number of carbonyl (C=O) groups is 1. The minimum absolute atomic E-state index is 0. The molecule has 23 heavy (non-hydrogen) atoms. The van der Waals surface area contributed by atoms with Crippen molar-refractivity contribution in [1.82, 2.24) is 4.90 Å². The van der Waals surface area contributed by atoms with Crippen LogP contribution >= 0.6 is 0 Å². The Morgan fingerprint density at radius 3 is 2.00 bits per heavy atom. The molecular formula is C16H23ClNO5-. The SMILES string of the molecule is COc1cc(C(=O)OC2CCN(C)CC2)cc(OC)c1OC.[Cl-]. The van der Waals surface area contributed by atoms with E-state index in [9.17, 15) is 4.79 Å². The topological polar surface area (TPSA) is 57.2 Å². The summed E-state index contributed by atoms with van der Waals surface area (Å²) in [5.74, 6) is 0.976. The quantitative estimate of drug-likeness (QED) is 0.637. The van der Waals surface area contributed by atoms with Gasteiger partial charge in [-0.15, -0.1) is 0 Å². The average molecular weight is 345 g/mol. The first-order valence-corrected chi connectivity index (χ1v) is 7.28. The first kappa shape index (κ1) is 19.4. The lowest BCUT2D eigenvalue weighted by atomic mass is 10.1. The molecule has 0 amide bonds. The van der Waals surface area contributed by atoms with Gasteiger partial charge in [0, 0.05) is 13.1 Å². The minimum Gasteiger partial charge on any atom is -1.00 e. The minimum atomic E-state index is -0.367. The van der Waals surface area contributed by atoms with Gasteiger partial charge in [-0.3, -0.25) is 0 Å². The van der Waals surface area contributed by atoms with Gasteiger partial charge in [-0.05, 0) is 32.0 Å². The second kappa shape index (κ2) is 8.84. The molecule has 1 saturated heterocycles. The molecule has 0 aromatic heterocycles. The summed E-state index contributed by atoms with van der Waals surface area (Å²) in [7, 11) is 6.63. The van der Waals surface area contributed by atoms with Crippen LogP contribution in [-0.2, 0) is 4.74 Å². The van der Waals surface area contributed by atoms with E-state index in [2.05, 4.69) is 11.9 Å². The molecule has 7 heteroatoms. The Bertz CT molecular complexity index is 504. The summed E-state index contributed by atoms with van der Waals surface area (Å²) in [6.45, 7) is 1.88. The number of rotatable bonds is 5. The molecule has 0 spiro atoms. The molecule has 0 N–H and O–H groups in total. The number of benzene rings is 1. The van der Waals surface area contributed by atoms with Crippen molar-refractivity contribution >= 4 is 5.97 Å². The highest BCUT2D eigenvalue weighted by Crippen LogP contribution is 2.38. The van der Waals surface area contributed by atoms with Gasteiger partial charge in [0.25, 0.3) is 0 Å². The fraction of sp³-hybridized carbons (Fsp3) is 0.562. The largest absolute Gasteiger partial charge is 1.00 e. The van der Waals surface area contributed by atoms with Gasteiger partial charge in [0.1, 0.15) is 6.10 Å². The summed E-state index contributed by atoms with van der Waals surface area (Å²) in [5, 5.41) is 0. The number of carbonyl (C=O) groups excluding carboxylic acids is 1. The Morgan fingerprint density at radius 1 is 1.04 bits per heavy atom. The number of nitrogens with zero attached hydrogens (tertiary/aromatic N) is 1. The molecule has 1 aliphatic heterocycles. The highest BCUT2D eigenvalue weighted by molar-refractivity contribution is 5.91. The number of piperidine rings is 1. The Kier molecular flexibility index (Phi) is 7.45. The molecule has 6 nitrogen and oxygen atoms in total. The summed E-state index contributed by atoms with van der Waals surface area (Å²) >= 11 is 0. The van der Waals surface area contributed by atoms with E-state index in [0.29, 0.717) is 22.8 Å². The molecule has 1 aliphatic rings. The van der Waals surface area contributed by atoms with Crippen molar-refractivity contribution in [2.45, 2.75) is 18.9 Å². The van der Waals surface area contributed by atoms with Gasteiger partial charge in [-0.1, -0.05) is 0 Å². The second-order valence-electron chi connectivity index (χ2n) is 5.32. The summed E-state index contributed by atoms with van der Waals surface area (Å²) < 4.78 is 21.3. The Hall–Kier alpha value is -1.66. The lowest BCUT2D eigenvalue weighted by Gasteiger charge is -2.28. The van der Waals surface area contributed by atoms with Crippen molar-refractivity contribution in [1.29, 1.82) is 0 Å². The molecule has 0 aliphatic carbocycles. The number of hydrogen-bond donors (Lipinski definition) is 0. The van der Waals surface area contributed by atoms with Crippen LogP contribution in [0.5, 0.6) is 17.2 Å². The Morgan fingerprint density at radius 2 is 1.57 bits per heavy atom. The van der Waals surface area contributed by atoms with Gasteiger partial charge in [0.2, 0.25) is 5.75 Å². The van der Waals surface area contributed by atoms with Crippen LogP contribution in [0.15, 0.2) is 12.1 Å². The van der Waals surface area contributed by atoms with Crippen molar-refractivity contribution in [2.75, 3.05) is 41.5 Å². The lowest BCUT2D eigenvalue weighted by molar-refractivity contribution is -0.0000654. The van der Waals surface area contributed by atoms with E-state index in [-0.39, 0.29) is 24.5 Å². The zero-order valence-electron chi connectivity index (χ0n) is 13.9. The van der Waals surface area contributed by atoms with Crippen molar-refractivity contribution < 1.29 is 36.1 Å². The number of esters is 1. The summed E-state index contributed by atoms with van der Waals surface area (Å²) in [4.78, 5) is 14.6. The maximum atomic E-state index is 12.3. The Labute approximate surface area is 143 Å². The molecular weight excluding hydrogens is 322 g/mol. The first-order valence-electron chi connectivity index (χ1n) is 7.28. The van der Waals surface area contributed by atoms with Gasteiger partial charge in [0.05, 0.1) is 26.9 Å².